The Morgan fingerprint density at radius 1 is 1.28 bits per heavy atom. The number of carbonyl (C=O) groups is 1. The second kappa shape index (κ2) is 7.33. The van der Waals surface area contributed by atoms with E-state index < -0.39 is 0 Å². The Bertz CT molecular complexity index is 923. The molecule has 0 aliphatic heterocycles. The lowest BCUT2D eigenvalue weighted by Gasteiger charge is -2.12. The predicted molar refractivity (Wildman–Crippen MR) is 97.9 cm³/mol. The van der Waals surface area contributed by atoms with Gasteiger partial charge in [-0.2, -0.15) is 0 Å². The number of nitrogens with one attached hydrogen (secondary N) is 1. The molecule has 0 unspecified atom stereocenters. The number of imidazole rings is 1. The molecule has 0 bridgehead atoms. The molecule has 0 aliphatic rings. The van der Waals surface area contributed by atoms with Gasteiger partial charge >= 0.3 is 0 Å². The van der Waals surface area contributed by atoms with Crippen molar-refractivity contribution in [2.45, 2.75) is 13.1 Å². The fourth-order valence-corrected chi connectivity index (χ4v) is 3.04. The van der Waals surface area contributed by atoms with E-state index in [1.165, 1.54) is 12.1 Å². The molecule has 0 aliphatic carbocycles. The molecule has 3 aromatic rings. The van der Waals surface area contributed by atoms with Crippen molar-refractivity contribution < 1.29 is 9.18 Å². The van der Waals surface area contributed by atoms with Crippen molar-refractivity contribution in [2.75, 3.05) is 14.1 Å². The van der Waals surface area contributed by atoms with Crippen LogP contribution in [0.3, 0.4) is 0 Å². The summed E-state index contributed by atoms with van der Waals surface area (Å²) in [6.07, 6.45) is 3.42. The Morgan fingerprint density at radius 3 is 2.80 bits per heavy atom. The SMILES string of the molecule is CN(C)Cc1cc(F)cc(CNC(=O)c2ncn3cc(Br)ccc23)c1. The first-order chi connectivity index (χ1) is 11.9. The van der Waals surface area contributed by atoms with Gasteiger partial charge in [0.1, 0.15) is 12.1 Å². The quantitative estimate of drug-likeness (QED) is 0.709. The molecule has 25 heavy (non-hydrogen) atoms. The molecule has 2 aromatic heterocycles. The van der Waals surface area contributed by atoms with Crippen molar-refractivity contribution in [1.82, 2.24) is 19.6 Å². The smallest absolute Gasteiger partial charge is 0.272 e. The Balaban J connectivity index is 1.74. The summed E-state index contributed by atoms with van der Waals surface area (Å²) in [7, 11) is 3.85. The normalized spacial score (nSPS) is 11.2. The molecule has 0 radical (unpaired) electrons. The van der Waals surface area contributed by atoms with Crippen LogP contribution in [0, 0.1) is 5.82 Å². The summed E-state index contributed by atoms with van der Waals surface area (Å²) >= 11 is 3.38. The van der Waals surface area contributed by atoms with Crippen molar-refractivity contribution in [3.63, 3.8) is 0 Å². The van der Waals surface area contributed by atoms with E-state index in [4.69, 9.17) is 0 Å². The van der Waals surface area contributed by atoms with Gasteiger partial charge < -0.3 is 14.6 Å². The lowest BCUT2D eigenvalue weighted by Crippen LogP contribution is -2.23. The van der Waals surface area contributed by atoms with Crippen LogP contribution in [0.1, 0.15) is 21.6 Å². The fraction of sp³-hybridized carbons (Fsp3) is 0.222. The average molecular weight is 405 g/mol. The molecule has 0 saturated carbocycles. The number of fused-ring (bicyclic) bond motifs is 1. The zero-order chi connectivity index (χ0) is 18.0. The third kappa shape index (κ3) is 4.24. The van der Waals surface area contributed by atoms with Crippen LogP contribution in [-0.4, -0.2) is 34.3 Å². The maximum atomic E-state index is 13.8. The molecule has 130 valence electrons. The third-order valence-corrected chi connectivity index (χ3v) is 4.15. The van der Waals surface area contributed by atoms with Gasteiger partial charge in [-0.1, -0.05) is 6.07 Å². The first-order valence-electron chi connectivity index (χ1n) is 7.76. The van der Waals surface area contributed by atoms with E-state index in [-0.39, 0.29) is 18.3 Å². The minimum absolute atomic E-state index is 0.243. The van der Waals surface area contributed by atoms with Crippen LogP contribution >= 0.6 is 15.9 Å². The Morgan fingerprint density at radius 2 is 2.04 bits per heavy atom. The van der Waals surface area contributed by atoms with Gasteiger partial charge in [-0.3, -0.25) is 4.79 Å². The third-order valence-electron chi connectivity index (χ3n) is 3.68. The molecule has 0 atom stereocenters. The molecule has 3 rings (SSSR count). The minimum atomic E-state index is -0.305. The lowest BCUT2D eigenvalue weighted by atomic mass is 10.1. The zero-order valence-corrected chi connectivity index (χ0v) is 15.5. The van der Waals surface area contributed by atoms with Gasteiger partial charge in [-0.15, -0.1) is 0 Å². The molecule has 7 heteroatoms. The van der Waals surface area contributed by atoms with E-state index >= 15 is 0 Å². The van der Waals surface area contributed by atoms with Gasteiger partial charge in [0.15, 0.2) is 5.69 Å². The van der Waals surface area contributed by atoms with Gasteiger partial charge in [0.25, 0.3) is 5.91 Å². The fourth-order valence-electron chi connectivity index (χ4n) is 2.69. The largest absolute Gasteiger partial charge is 0.347 e. The molecular weight excluding hydrogens is 387 g/mol. The van der Waals surface area contributed by atoms with Crippen molar-refractivity contribution in [2.24, 2.45) is 0 Å². The number of benzene rings is 1. The summed E-state index contributed by atoms with van der Waals surface area (Å²) in [5.74, 6) is -0.593. The average Bonchev–Trinajstić information content (AvgIpc) is 2.94. The molecule has 1 aromatic carbocycles. The molecule has 0 fully saturated rings. The molecule has 1 amide bonds. The predicted octanol–water partition coefficient (Wildman–Crippen LogP) is 3.23. The van der Waals surface area contributed by atoms with Crippen molar-refractivity contribution >= 4 is 27.4 Å². The number of carbonyl (C=O) groups excluding carboxylic acids is 1. The zero-order valence-electron chi connectivity index (χ0n) is 14.0. The number of hydrogen-bond acceptors (Lipinski definition) is 3. The Hall–Kier alpha value is -2.25. The summed E-state index contributed by atoms with van der Waals surface area (Å²) in [5.41, 5.74) is 2.65. The van der Waals surface area contributed by atoms with E-state index in [1.54, 1.807) is 10.7 Å². The van der Waals surface area contributed by atoms with Crippen LogP contribution < -0.4 is 5.32 Å². The first-order valence-corrected chi connectivity index (χ1v) is 8.55. The second-order valence-electron chi connectivity index (χ2n) is 6.12. The summed E-state index contributed by atoms with van der Waals surface area (Å²) in [5, 5.41) is 2.81. The number of nitrogens with zero attached hydrogens (tertiary/aromatic N) is 3. The van der Waals surface area contributed by atoms with E-state index in [0.29, 0.717) is 17.8 Å². The number of halogens is 2. The number of hydrogen-bond donors (Lipinski definition) is 1. The minimum Gasteiger partial charge on any atom is -0.347 e. The highest BCUT2D eigenvalue weighted by atomic mass is 79.9. The van der Waals surface area contributed by atoms with E-state index in [0.717, 1.165) is 15.6 Å². The van der Waals surface area contributed by atoms with Gasteiger partial charge in [0.05, 0.1) is 5.52 Å². The van der Waals surface area contributed by atoms with Crippen LogP contribution in [0.2, 0.25) is 0 Å². The Labute approximate surface area is 153 Å². The van der Waals surface area contributed by atoms with E-state index in [9.17, 15) is 9.18 Å². The molecule has 2 heterocycles. The van der Waals surface area contributed by atoms with Gasteiger partial charge in [0, 0.05) is 23.8 Å². The number of amides is 1. The van der Waals surface area contributed by atoms with Crippen LogP contribution in [0.4, 0.5) is 4.39 Å². The van der Waals surface area contributed by atoms with Gasteiger partial charge in [-0.25, -0.2) is 9.37 Å². The molecular formula is C18H18BrFN4O. The number of pyridine rings is 1. The summed E-state index contributed by atoms with van der Waals surface area (Å²) < 4.78 is 16.4. The maximum Gasteiger partial charge on any atom is 0.272 e. The Kier molecular flexibility index (Phi) is 5.15. The van der Waals surface area contributed by atoms with Gasteiger partial charge in [-0.05, 0) is 65.4 Å². The van der Waals surface area contributed by atoms with Crippen LogP contribution in [-0.2, 0) is 13.1 Å². The van der Waals surface area contributed by atoms with Crippen LogP contribution in [0.5, 0.6) is 0 Å². The van der Waals surface area contributed by atoms with Crippen molar-refractivity contribution in [3.05, 3.63) is 70.0 Å². The van der Waals surface area contributed by atoms with Gasteiger partial charge in [0.2, 0.25) is 0 Å². The molecule has 0 spiro atoms. The highest BCUT2D eigenvalue weighted by molar-refractivity contribution is 9.10. The summed E-state index contributed by atoms with van der Waals surface area (Å²) in [4.78, 5) is 18.6. The monoisotopic (exact) mass is 404 g/mol. The maximum absolute atomic E-state index is 13.8. The first kappa shape index (κ1) is 17.6. The molecule has 1 N–H and O–H groups in total. The highest BCUT2D eigenvalue weighted by Gasteiger charge is 2.13. The van der Waals surface area contributed by atoms with Crippen molar-refractivity contribution in [3.8, 4) is 0 Å². The topological polar surface area (TPSA) is 49.6 Å². The molecule has 5 nitrogen and oxygen atoms in total. The second-order valence-corrected chi connectivity index (χ2v) is 7.04. The van der Waals surface area contributed by atoms with E-state index in [2.05, 4.69) is 26.2 Å². The van der Waals surface area contributed by atoms with E-state index in [1.807, 2.05) is 43.4 Å². The van der Waals surface area contributed by atoms with Crippen LogP contribution in [0.25, 0.3) is 5.52 Å². The summed E-state index contributed by atoms with van der Waals surface area (Å²) in [6, 6.07) is 8.51. The van der Waals surface area contributed by atoms with Crippen LogP contribution in [0.15, 0.2) is 47.3 Å². The summed E-state index contributed by atoms with van der Waals surface area (Å²) in [6.45, 7) is 0.881. The standard InChI is InChI=1S/C18H18BrFN4O/c1-23(2)9-13-5-12(6-15(20)7-13)8-21-18(25)17-16-4-3-14(19)10-24(16)11-22-17/h3-7,10-11H,8-9H2,1-2H3,(H,21,25). The van der Waals surface area contributed by atoms with Crippen molar-refractivity contribution in [1.29, 1.82) is 0 Å². The molecule has 0 saturated heterocycles. The highest BCUT2D eigenvalue weighted by Crippen LogP contribution is 2.15. The lowest BCUT2D eigenvalue weighted by molar-refractivity contribution is 0.0948. The number of rotatable bonds is 5. The number of aromatic nitrogens is 2.